The van der Waals surface area contributed by atoms with Crippen molar-refractivity contribution in [3.8, 4) is 0 Å². The predicted octanol–water partition coefficient (Wildman–Crippen LogP) is 5.83. The lowest BCUT2D eigenvalue weighted by Crippen LogP contribution is -2.57. The van der Waals surface area contributed by atoms with Gasteiger partial charge in [-0.25, -0.2) is 26.7 Å². The molecule has 14 heteroatoms. The maximum absolute atomic E-state index is 15.0. The summed E-state index contributed by atoms with van der Waals surface area (Å²) in [5.74, 6) is -5.29. The van der Waals surface area contributed by atoms with Crippen LogP contribution < -0.4 is 21.7 Å². The molecule has 3 aromatic rings. The van der Waals surface area contributed by atoms with Gasteiger partial charge in [-0.2, -0.15) is 0 Å². The number of nitrogens with two attached hydrogens (primary N) is 1. The first-order valence-electron chi connectivity index (χ1n) is 16.1. The second kappa shape index (κ2) is 17.0. The molecule has 5 atom stereocenters. The lowest BCUT2D eigenvalue weighted by Gasteiger charge is -2.38. The Labute approximate surface area is 282 Å². The van der Waals surface area contributed by atoms with Gasteiger partial charge < -0.3 is 31.2 Å². The Bertz CT molecular complexity index is 1500. The van der Waals surface area contributed by atoms with Crippen molar-refractivity contribution in [2.24, 2.45) is 5.73 Å². The van der Waals surface area contributed by atoms with Crippen molar-refractivity contribution < 1.29 is 41.0 Å². The van der Waals surface area contributed by atoms with E-state index >= 15 is 0 Å². The number of carbonyl (C=O) groups excluding carboxylic acids is 2. The third-order valence-electron chi connectivity index (χ3n) is 8.46. The molecular formula is C35H42F5N5O4. The number of amides is 2. The first-order chi connectivity index (χ1) is 23.2. The van der Waals surface area contributed by atoms with E-state index in [4.69, 9.17) is 15.2 Å². The summed E-state index contributed by atoms with van der Waals surface area (Å²) in [6.07, 6.45) is 1.16. The number of pyridine rings is 1. The van der Waals surface area contributed by atoms with Crippen LogP contribution in [0.15, 0.2) is 60.9 Å². The van der Waals surface area contributed by atoms with Crippen molar-refractivity contribution in [1.82, 2.24) is 15.6 Å². The van der Waals surface area contributed by atoms with Gasteiger partial charge in [0.1, 0.15) is 23.6 Å². The van der Waals surface area contributed by atoms with Crippen molar-refractivity contribution in [2.75, 3.05) is 18.4 Å². The number of alkyl halides is 2. The van der Waals surface area contributed by atoms with E-state index in [0.717, 1.165) is 17.3 Å². The van der Waals surface area contributed by atoms with Crippen LogP contribution in [0.3, 0.4) is 0 Å². The maximum atomic E-state index is 15.0. The van der Waals surface area contributed by atoms with E-state index in [0.29, 0.717) is 26.3 Å². The van der Waals surface area contributed by atoms with Gasteiger partial charge in [0.2, 0.25) is 5.91 Å². The van der Waals surface area contributed by atoms with Crippen molar-refractivity contribution in [3.05, 3.63) is 95.1 Å². The van der Waals surface area contributed by atoms with Crippen molar-refractivity contribution >= 4 is 17.7 Å². The summed E-state index contributed by atoms with van der Waals surface area (Å²) in [5.41, 5.74) is 8.24. The number of ether oxygens (including phenoxy) is 2. The van der Waals surface area contributed by atoms with Crippen LogP contribution in [0.2, 0.25) is 0 Å². The van der Waals surface area contributed by atoms with E-state index in [1.807, 2.05) is 5.32 Å². The number of carbonyl (C=O) groups is 2. The number of nitrogens with zero attached hydrogens (tertiary/aromatic N) is 1. The van der Waals surface area contributed by atoms with Crippen LogP contribution in [-0.4, -0.2) is 66.4 Å². The normalized spacial score (nSPS) is 19.3. The van der Waals surface area contributed by atoms with Gasteiger partial charge >= 0.3 is 6.09 Å². The molecule has 4 rings (SSSR count). The molecule has 266 valence electrons. The first-order valence-corrected chi connectivity index (χ1v) is 16.1. The van der Waals surface area contributed by atoms with E-state index in [9.17, 15) is 31.5 Å². The molecule has 0 radical (unpaired) electrons. The number of nitrogens with one attached hydrogen (secondary N) is 3. The second-order valence-corrected chi connectivity index (χ2v) is 12.4. The predicted molar refractivity (Wildman–Crippen MR) is 174 cm³/mol. The number of hydrogen-bond donors (Lipinski definition) is 4. The fourth-order valence-electron chi connectivity index (χ4n) is 5.85. The van der Waals surface area contributed by atoms with Gasteiger partial charge in [0, 0.05) is 24.9 Å². The molecule has 2 heterocycles. The molecular weight excluding hydrogens is 649 g/mol. The summed E-state index contributed by atoms with van der Waals surface area (Å²) >= 11 is 0. The molecule has 0 saturated carbocycles. The summed E-state index contributed by atoms with van der Waals surface area (Å²) in [7, 11) is 0. The summed E-state index contributed by atoms with van der Waals surface area (Å²) in [5, 5.41) is 7.99. The number of hydrogen-bond acceptors (Lipinski definition) is 7. The Morgan fingerprint density at radius 1 is 1.04 bits per heavy atom. The third kappa shape index (κ3) is 11.2. The topological polar surface area (TPSA) is 128 Å². The van der Waals surface area contributed by atoms with E-state index in [1.165, 1.54) is 30.5 Å². The van der Waals surface area contributed by atoms with Crippen molar-refractivity contribution in [3.63, 3.8) is 0 Å². The quantitative estimate of drug-likeness (QED) is 0.157. The number of rotatable bonds is 14. The van der Waals surface area contributed by atoms with Gasteiger partial charge in [-0.3, -0.25) is 9.78 Å². The molecule has 0 aliphatic carbocycles. The van der Waals surface area contributed by atoms with E-state index in [-0.39, 0.29) is 36.1 Å². The highest BCUT2D eigenvalue weighted by Gasteiger charge is 2.34. The Kier molecular flexibility index (Phi) is 13.1. The summed E-state index contributed by atoms with van der Waals surface area (Å²) in [6, 6.07) is 10.5. The van der Waals surface area contributed by atoms with Gasteiger partial charge in [0.25, 0.3) is 5.92 Å². The summed E-state index contributed by atoms with van der Waals surface area (Å²) < 4.78 is 79.6. The highest BCUT2D eigenvalue weighted by atomic mass is 19.3. The second-order valence-electron chi connectivity index (χ2n) is 12.4. The SMILES string of the molecule is CC(OC(=O)NCC(C)(F)F)C1NCC(CCc2c(F)cncc2NC(=O)C(N)CCC(c2ccc(F)cc2)c2ccc(F)cc2)OC1C. The lowest BCUT2D eigenvalue weighted by atomic mass is 9.86. The molecule has 1 fully saturated rings. The van der Waals surface area contributed by atoms with Gasteiger partial charge in [-0.05, 0) is 74.9 Å². The number of alkyl carbamates (subject to hydrolysis) is 1. The zero-order valence-corrected chi connectivity index (χ0v) is 27.5. The highest BCUT2D eigenvalue weighted by molar-refractivity contribution is 5.95. The largest absolute Gasteiger partial charge is 0.445 e. The Balaban J connectivity index is 1.32. The average molecular weight is 692 g/mol. The van der Waals surface area contributed by atoms with Crippen molar-refractivity contribution in [1.29, 1.82) is 0 Å². The fourth-order valence-corrected chi connectivity index (χ4v) is 5.85. The van der Waals surface area contributed by atoms with Crippen LogP contribution in [0.4, 0.5) is 32.4 Å². The van der Waals surface area contributed by atoms with Crippen LogP contribution in [0, 0.1) is 17.5 Å². The number of halogens is 5. The molecule has 5 unspecified atom stereocenters. The lowest BCUT2D eigenvalue weighted by molar-refractivity contribution is -0.117. The van der Waals surface area contributed by atoms with Gasteiger partial charge in [0.15, 0.2) is 0 Å². The molecule has 0 spiro atoms. The number of benzene rings is 2. The molecule has 1 saturated heterocycles. The number of morpholine rings is 1. The van der Waals surface area contributed by atoms with Gasteiger partial charge in [-0.1, -0.05) is 24.3 Å². The number of aromatic nitrogens is 1. The fraction of sp³-hybridized carbons (Fsp3) is 0.457. The molecule has 0 bridgehead atoms. The average Bonchev–Trinajstić information content (AvgIpc) is 3.04. The molecule has 49 heavy (non-hydrogen) atoms. The van der Waals surface area contributed by atoms with Crippen LogP contribution in [-0.2, 0) is 20.7 Å². The van der Waals surface area contributed by atoms with E-state index < -0.39 is 66.2 Å². The Hall–Kier alpha value is -4.14. The standard InChI is InChI=1S/C35H42F5N5O4/c1-20-32(21(2)49-34(47)44-19-35(3,39)40)43-16-26(48-20)12-13-28-29(38)17-42-18-31(28)45-33(46)30(41)15-14-27(22-4-8-24(36)9-5-22)23-6-10-25(37)11-7-23/h4-11,17-18,20-21,26-27,30,32,43H,12-16,19,41H2,1-3H3,(H,44,47)(H,45,46). The summed E-state index contributed by atoms with van der Waals surface area (Å²) in [6.45, 7) is 3.59. The monoisotopic (exact) mass is 691 g/mol. The van der Waals surface area contributed by atoms with Crippen LogP contribution in [0.25, 0.3) is 0 Å². The highest BCUT2D eigenvalue weighted by Crippen LogP contribution is 2.31. The zero-order chi connectivity index (χ0) is 35.7. The first kappa shape index (κ1) is 37.7. The molecule has 1 aromatic heterocycles. The smallest absolute Gasteiger partial charge is 0.407 e. The molecule has 2 aromatic carbocycles. The van der Waals surface area contributed by atoms with Crippen molar-refractivity contribution in [2.45, 2.75) is 88.7 Å². The minimum Gasteiger partial charge on any atom is -0.445 e. The number of anilines is 1. The van der Waals surface area contributed by atoms with E-state index in [1.54, 1.807) is 38.1 Å². The molecule has 1 aliphatic heterocycles. The third-order valence-corrected chi connectivity index (χ3v) is 8.46. The Morgan fingerprint density at radius 3 is 2.22 bits per heavy atom. The van der Waals surface area contributed by atoms with Crippen LogP contribution in [0.5, 0.6) is 0 Å². The molecule has 5 N–H and O–H groups in total. The Morgan fingerprint density at radius 2 is 1.65 bits per heavy atom. The van der Waals surface area contributed by atoms with Crippen LogP contribution in [0.1, 0.15) is 62.6 Å². The molecule has 1 aliphatic rings. The summed E-state index contributed by atoms with van der Waals surface area (Å²) in [4.78, 5) is 29.0. The van der Waals surface area contributed by atoms with Gasteiger partial charge in [-0.15, -0.1) is 0 Å². The molecule has 9 nitrogen and oxygen atoms in total. The zero-order valence-electron chi connectivity index (χ0n) is 27.5. The minimum absolute atomic E-state index is 0.175. The maximum Gasteiger partial charge on any atom is 0.407 e. The minimum atomic E-state index is -3.07. The molecule has 2 amide bonds. The van der Waals surface area contributed by atoms with E-state index in [2.05, 4.69) is 15.6 Å². The van der Waals surface area contributed by atoms with Crippen LogP contribution >= 0.6 is 0 Å². The van der Waals surface area contributed by atoms with Gasteiger partial charge in [0.05, 0.1) is 48.9 Å².